The second-order valence-electron chi connectivity index (χ2n) is 9.92. The van der Waals surface area contributed by atoms with Crippen molar-refractivity contribution in [1.82, 2.24) is 5.32 Å². The van der Waals surface area contributed by atoms with Gasteiger partial charge in [0.15, 0.2) is 11.5 Å². The zero-order chi connectivity index (χ0) is 26.4. The number of alkyl halides is 1. The minimum atomic E-state index is -0.824. The number of carbonyl (C=O) groups is 1. The molecule has 1 amide bonds. The fourth-order valence-electron chi connectivity index (χ4n) is 4.17. The average Bonchev–Trinajstić information content (AvgIpc) is 2.82. The minimum Gasteiger partial charge on any atom is -0.493 e. The lowest BCUT2D eigenvalue weighted by atomic mass is 9.81. The normalized spacial score (nSPS) is 15.1. The van der Waals surface area contributed by atoms with Crippen molar-refractivity contribution in [2.24, 2.45) is 29.4 Å². The summed E-state index contributed by atoms with van der Waals surface area (Å²) < 4.78 is 28.9. The third-order valence-corrected chi connectivity index (χ3v) is 6.52. The van der Waals surface area contributed by atoms with Gasteiger partial charge in [0.05, 0.1) is 19.8 Å². The number of hydrogen-bond donors (Lipinski definition) is 3. The van der Waals surface area contributed by atoms with Gasteiger partial charge >= 0.3 is 0 Å². The third kappa shape index (κ3) is 11.1. The molecule has 0 radical (unpaired) electrons. The molecule has 0 aliphatic carbocycles. The maximum absolute atomic E-state index is 12.5. The van der Waals surface area contributed by atoms with E-state index in [1.165, 1.54) is 0 Å². The lowest BCUT2D eigenvalue weighted by molar-refractivity contribution is -0.127. The van der Waals surface area contributed by atoms with Crippen molar-refractivity contribution >= 4 is 5.91 Å². The Balaban J connectivity index is 2.84. The predicted molar refractivity (Wildman–Crippen MR) is 138 cm³/mol. The molecule has 0 heterocycles. The fraction of sp³-hybridized carbons (Fsp3) is 0.741. The van der Waals surface area contributed by atoms with Gasteiger partial charge in [-0.3, -0.25) is 4.79 Å². The molecule has 0 fully saturated rings. The van der Waals surface area contributed by atoms with Crippen LogP contribution in [-0.2, 0) is 16.0 Å². The summed E-state index contributed by atoms with van der Waals surface area (Å²) in [4.78, 5) is 12.4. The molecule has 202 valence electrons. The first-order valence-corrected chi connectivity index (χ1v) is 12.7. The summed E-state index contributed by atoms with van der Waals surface area (Å²) >= 11 is 0. The molecular formula is C27H47FN2O5. The SMILES string of the molecule is COCCCOc1cc(C[C@@H](C[C@H](N)[C@@H](O)C[C@H](C(=O)NCCF)C(C)C)C(C)C)ccc1OC. The Kier molecular flexibility index (Phi) is 14.9. The van der Waals surface area contributed by atoms with E-state index in [4.69, 9.17) is 19.9 Å². The number of nitrogens with two attached hydrogens (primary N) is 1. The summed E-state index contributed by atoms with van der Waals surface area (Å²) in [5.41, 5.74) is 7.54. The molecule has 1 rings (SSSR count). The van der Waals surface area contributed by atoms with Crippen LogP contribution in [0.2, 0.25) is 0 Å². The average molecular weight is 499 g/mol. The highest BCUT2D eigenvalue weighted by molar-refractivity contribution is 5.78. The van der Waals surface area contributed by atoms with E-state index >= 15 is 0 Å². The van der Waals surface area contributed by atoms with E-state index < -0.39 is 24.7 Å². The number of halogens is 1. The van der Waals surface area contributed by atoms with Crippen LogP contribution in [0.5, 0.6) is 11.5 Å². The summed E-state index contributed by atoms with van der Waals surface area (Å²) in [7, 11) is 3.29. The zero-order valence-corrected chi connectivity index (χ0v) is 22.4. The van der Waals surface area contributed by atoms with Gasteiger partial charge in [-0.15, -0.1) is 0 Å². The third-order valence-electron chi connectivity index (χ3n) is 6.52. The number of methoxy groups -OCH3 is 2. The molecule has 0 aliphatic heterocycles. The van der Waals surface area contributed by atoms with Gasteiger partial charge in [0.1, 0.15) is 6.67 Å². The van der Waals surface area contributed by atoms with E-state index in [1.807, 2.05) is 32.0 Å². The maximum atomic E-state index is 12.5. The number of aliphatic hydroxyl groups is 1. The molecule has 0 unspecified atom stereocenters. The van der Waals surface area contributed by atoms with E-state index in [2.05, 4.69) is 19.2 Å². The summed E-state index contributed by atoms with van der Waals surface area (Å²) in [5.74, 6) is 1.32. The Labute approximate surface area is 210 Å². The van der Waals surface area contributed by atoms with Crippen LogP contribution < -0.4 is 20.5 Å². The molecule has 35 heavy (non-hydrogen) atoms. The number of amides is 1. The van der Waals surface area contributed by atoms with E-state index in [0.717, 1.165) is 18.4 Å². The van der Waals surface area contributed by atoms with Crippen molar-refractivity contribution in [2.45, 2.75) is 65.5 Å². The molecule has 0 spiro atoms. The van der Waals surface area contributed by atoms with Crippen molar-refractivity contribution in [3.05, 3.63) is 23.8 Å². The molecule has 0 aliphatic rings. The molecule has 4 atom stereocenters. The van der Waals surface area contributed by atoms with Gasteiger partial charge in [0.25, 0.3) is 0 Å². The summed E-state index contributed by atoms with van der Waals surface area (Å²) in [6, 6.07) is 5.48. The van der Waals surface area contributed by atoms with Gasteiger partial charge < -0.3 is 30.4 Å². The Morgan fingerprint density at radius 1 is 1.09 bits per heavy atom. The predicted octanol–water partition coefficient (Wildman–Crippen LogP) is 3.75. The first kappa shape index (κ1) is 31.1. The maximum Gasteiger partial charge on any atom is 0.223 e. The van der Waals surface area contributed by atoms with E-state index in [-0.39, 0.29) is 30.7 Å². The van der Waals surface area contributed by atoms with Crippen LogP contribution in [0.15, 0.2) is 18.2 Å². The topological polar surface area (TPSA) is 103 Å². The summed E-state index contributed by atoms with van der Waals surface area (Å²) in [6.07, 6.45) is 1.61. The minimum absolute atomic E-state index is 0.0129. The van der Waals surface area contributed by atoms with Crippen LogP contribution in [0.25, 0.3) is 0 Å². The number of nitrogens with one attached hydrogen (secondary N) is 1. The highest BCUT2D eigenvalue weighted by atomic mass is 19.1. The number of ether oxygens (including phenoxy) is 3. The Morgan fingerprint density at radius 3 is 2.37 bits per heavy atom. The molecule has 7 nitrogen and oxygen atoms in total. The van der Waals surface area contributed by atoms with Gasteiger partial charge in [-0.2, -0.15) is 0 Å². The van der Waals surface area contributed by atoms with Crippen LogP contribution in [0, 0.1) is 23.7 Å². The van der Waals surface area contributed by atoms with Crippen molar-refractivity contribution in [3.63, 3.8) is 0 Å². The molecule has 0 aromatic heterocycles. The Morgan fingerprint density at radius 2 is 1.80 bits per heavy atom. The van der Waals surface area contributed by atoms with E-state index in [9.17, 15) is 14.3 Å². The molecule has 4 N–H and O–H groups in total. The molecule has 1 aromatic rings. The summed E-state index contributed by atoms with van der Waals surface area (Å²) in [5, 5.41) is 13.4. The molecular weight excluding hydrogens is 451 g/mol. The van der Waals surface area contributed by atoms with E-state index in [0.29, 0.717) is 37.1 Å². The number of carbonyl (C=O) groups excluding carboxylic acids is 1. The van der Waals surface area contributed by atoms with Crippen LogP contribution in [0.4, 0.5) is 4.39 Å². The lowest BCUT2D eigenvalue weighted by Gasteiger charge is -2.30. The molecule has 1 aromatic carbocycles. The smallest absolute Gasteiger partial charge is 0.223 e. The Hall–Kier alpha value is -1.90. The second-order valence-corrected chi connectivity index (χ2v) is 9.92. The van der Waals surface area contributed by atoms with Gasteiger partial charge in [-0.25, -0.2) is 4.39 Å². The number of benzene rings is 1. The van der Waals surface area contributed by atoms with Gasteiger partial charge in [-0.1, -0.05) is 33.8 Å². The van der Waals surface area contributed by atoms with Crippen LogP contribution in [0.3, 0.4) is 0 Å². The van der Waals surface area contributed by atoms with Crippen molar-refractivity contribution in [3.8, 4) is 11.5 Å². The van der Waals surface area contributed by atoms with Crippen LogP contribution in [0.1, 0.15) is 52.5 Å². The molecule has 8 heteroatoms. The lowest BCUT2D eigenvalue weighted by Crippen LogP contribution is -2.43. The number of aliphatic hydroxyl groups excluding tert-OH is 1. The molecule has 0 saturated heterocycles. The summed E-state index contributed by atoms with van der Waals surface area (Å²) in [6.45, 7) is 8.69. The van der Waals surface area contributed by atoms with Crippen LogP contribution >= 0.6 is 0 Å². The van der Waals surface area contributed by atoms with Gasteiger partial charge in [-0.05, 0) is 54.7 Å². The monoisotopic (exact) mass is 498 g/mol. The Bertz CT molecular complexity index is 732. The molecule has 0 bridgehead atoms. The zero-order valence-electron chi connectivity index (χ0n) is 22.4. The standard InChI is InChI=1S/C27H47FN2O5/c1-18(2)21(14-20-8-9-25(34-6)26(15-20)35-13-7-12-33-5)16-23(29)24(31)17-22(19(3)4)27(32)30-11-10-28/h8-9,15,18-19,21-24,31H,7,10-14,16-17,29H2,1-6H3,(H,30,32)/t21-,22-,23-,24-/m0/s1. The second kappa shape index (κ2) is 16.7. The highest BCUT2D eigenvalue weighted by Gasteiger charge is 2.29. The largest absolute Gasteiger partial charge is 0.493 e. The number of hydrogen-bond acceptors (Lipinski definition) is 6. The molecule has 0 saturated carbocycles. The quantitative estimate of drug-likeness (QED) is 0.266. The van der Waals surface area contributed by atoms with E-state index in [1.54, 1.807) is 14.2 Å². The van der Waals surface area contributed by atoms with Gasteiger partial charge in [0.2, 0.25) is 5.91 Å². The van der Waals surface area contributed by atoms with Crippen molar-refractivity contribution < 1.29 is 28.5 Å². The highest BCUT2D eigenvalue weighted by Crippen LogP contribution is 2.31. The number of rotatable bonds is 18. The fourth-order valence-corrected chi connectivity index (χ4v) is 4.17. The van der Waals surface area contributed by atoms with Crippen molar-refractivity contribution in [2.75, 3.05) is 40.7 Å². The van der Waals surface area contributed by atoms with Crippen LogP contribution in [-0.4, -0.2) is 63.8 Å². The first-order valence-electron chi connectivity index (χ1n) is 12.7. The van der Waals surface area contributed by atoms with Gasteiger partial charge in [0, 0.05) is 38.6 Å². The first-order chi connectivity index (χ1) is 16.6. The van der Waals surface area contributed by atoms with Crippen molar-refractivity contribution in [1.29, 1.82) is 0 Å².